The Balaban J connectivity index is 2.69. The lowest BCUT2D eigenvalue weighted by atomic mass is 9.97. The van der Waals surface area contributed by atoms with Gasteiger partial charge in [0.05, 0.1) is 0 Å². The Morgan fingerprint density at radius 1 is 1.24 bits per heavy atom. The number of amides is 1. The molecule has 0 aromatic rings. The highest BCUT2D eigenvalue weighted by atomic mass is 32.2. The van der Waals surface area contributed by atoms with Crippen molar-refractivity contribution in [1.82, 2.24) is 5.32 Å². The van der Waals surface area contributed by atoms with Gasteiger partial charge < -0.3 is 10.1 Å². The van der Waals surface area contributed by atoms with Crippen LogP contribution in [0.3, 0.4) is 0 Å². The number of hydrogen-bond donors (Lipinski definition) is 1. The van der Waals surface area contributed by atoms with Crippen molar-refractivity contribution >= 4 is 17.9 Å². The number of rotatable bonds is 6. The highest BCUT2D eigenvalue weighted by molar-refractivity contribution is 8.06. The predicted molar refractivity (Wildman–Crippen MR) is 110 cm³/mol. The average Bonchev–Trinajstić information content (AvgIpc) is 2.52. The van der Waals surface area contributed by atoms with E-state index in [1.807, 2.05) is 32.5 Å². The molecule has 1 aliphatic carbocycles. The van der Waals surface area contributed by atoms with E-state index in [0.717, 1.165) is 19.3 Å². The molecule has 0 aromatic carbocycles. The normalized spacial score (nSPS) is 15.2. The van der Waals surface area contributed by atoms with Gasteiger partial charge in [-0.25, -0.2) is 4.79 Å². The van der Waals surface area contributed by atoms with Gasteiger partial charge in [-0.15, -0.1) is 0 Å². The lowest BCUT2D eigenvalue weighted by molar-refractivity contribution is 0.0532. The number of carbonyl (C=O) groups is 1. The zero-order chi connectivity index (χ0) is 19.0. The summed E-state index contributed by atoms with van der Waals surface area (Å²) in [4.78, 5) is 13.1. The van der Waals surface area contributed by atoms with Gasteiger partial charge in [-0.05, 0) is 71.8 Å². The second-order valence-corrected chi connectivity index (χ2v) is 8.52. The van der Waals surface area contributed by atoms with E-state index in [2.05, 4.69) is 50.6 Å². The minimum absolute atomic E-state index is 0.358. The monoisotopic (exact) mass is 363 g/mol. The zero-order valence-corrected chi connectivity index (χ0v) is 17.6. The quantitative estimate of drug-likeness (QED) is 0.585. The Bertz CT molecular complexity index is 600. The van der Waals surface area contributed by atoms with Gasteiger partial charge >= 0.3 is 6.09 Å². The van der Waals surface area contributed by atoms with Crippen molar-refractivity contribution in [3.8, 4) is 0 Å². The van der Waals surface area contributed by atoms with E-state index in [0.29, 0.717) is 6.54 Å². The van der Waals surface area contributed by atoms with Crippen LogP contribution in [0.15, 0.2) is 44.8 Å². The number of nitrogens with one attached hydrogen (secondary N) is 1. The first-order chi connectivity index (χ1) is 11.6. The molecule has 0 saturated carbocycles. The van der Waals surface area contributed by atoms with Gasteiger partial charge in [0.15, 0.2) is 0 Å². The SMILES string of the molecule is CCC(C)=CSC(C1=CC=C(CNC(=O)OC(C)(C)C)CC1)=C(C)C. The van der Waals surface area contributed by atoms with Crippen molar-refractivity contribution < 1.29 is 9.53 Å². The summed E-state index contributed by atoms with van der Waals surface area (Å²) in [6.45, 7) is 14.8. The molecule has 0 aliphatic heterocycles. The van der Waals surface area contributed by atoms with E-state index in [4.69, 9.17) is 4.74 Å². The lowest BCUT2D eigenvalue weighted by Gasteiger charge is -2.21. The van der Waals surface area contributed by atoms with Gasteiger partial charge in [0.2, 0.25) is 0 Å². The summed E-state index contributed by atoms with van der Waals surface area (Å²) in [5, 5.41) is 5.09. The molecule has 0 atom stereocenters. The maximum atomic E-state index is 11.7. The van der Waals surface area contributed by atoms with Crippen LogP contribution < -0.4 is 5.32 Å². The first-order valence-corrected chi connectivity index (χ1v) is 9.86. The van der Waals surface area contributed by atoms with Crippen LogP contribution in [0.4, 0.5) is 4.79 Å². The highest BCUT2D eigenvalue weighted by Gasteiger charge is 2.17. The fourth-order valence-corrected chi connectivity index (χ4v) is 3.32. The highest BCUT2D eigenvalue weighted by Crippen LogP contribution is 2.35. The molecule has 0 radical (unpaired) electrons. The lowest BCUT2D eigenvalue weighted by Crippen LogP contribution is -2.33. The molecule has 3 nitrogen and oxygen atoms in total. The van der Waals surface area contributed by atoms with Crippen LogP contribution in [0.2, 0.25) is 0 Å². The van der Waals surface area contributed by atoms with Crippen LogP contribution in [0.1, 0.15) is 67.7 Å². The molecule has 1 aliphatic rings. The van der Waals surface area contributed by atoms with E-state index in [-0.39, 0.29) is 6.09 Å². The number of thioether (sulfide) groups is 1. The summed E-state index contributed by atoms with van der Waals surface area (Å²) in [7, 11) is 0. The van der Waals surface area contributed by atoms with Gasteiger partial charge in [0.25, 0.3) is 0 Å². The fourth-order valence-electron chi connectivity index (χ4n) is 2.27. The van der Waals surface area contributed by atoms with Gasteiger partial charge in [-0.2, -0.15) is 0 Å². The molecule has 1 rings (SSSR count). The third-order valence-corrected chi connectivity index (χ3v) is 5.20. The van der Waals surface area contributed by atoms with Gasteiger partial charge in [0.1, 0.15) is 5.60 Å². The molecule has 0 heterocycles. The Kier molecular flexibility index (Phi) is 8.57. The standard InChI is InChI=1S/C21H33NO2S/c1-8-16(4)14-25-19(15(2)3)18-11-9-17(10-12-18)13-22-20(23)24-21(5,6)7/h9,11,14H,8,10,12-13H2,1-7H3,(H,22,23). The molecule has 1 N–H and O–H groups in total. The van der Waals surface area contributed by atoms with Crippen LogP contribution in [0, 0.1) is 0 Å². The van der Waals surface area contributed by atoms with E-state index < -0.39 is 5.60 Å². The Morgan fingerprint density at radius 2 is 1.92 bits per heavy atom. The van der Waals surface area contributed by atoms with Crippen LogP contribution in [0.5, 0.6) is 0 Å². The van der Waals surface area contributed by atoms with Crippen molar-refractivity contribution in [3.05, 3.63) is 44.8 Å². The number of allylic oxidation sites excluding steroid dienone is 5. The van der Waals surface area contributed by atoms with E-state index >= 15 is 0 Å². The average molecular weight is 364 g/mol. The maximum Gasteiger partial charge on any atom is 0.407 e. The van der Waals surface area contributed by atoms with Crippen molar-refractivity contribution in [2.24, 2.45) is 0 Å². The molecule has 0 saturated heterocycles. The van der Waals surface area contributed by atoms with Gasteiger partial charge in [-0.3, -0.25) is 0 Å². The van der Waals surface area contributed by atoms with Crippen LogP contribution in [-0.4, -0.2) is 18.2 Å². The summed E-state index contributed by atoms with van der Waals surface area (Å²) >= 11 is 1.82. The Morgan fingerprint density at radius 3 is 2.40 bits per heavy atom. The first kappa shape index (κ1) is 21.6. The molecule has 1 amide bonds. The van der Waals surface area contributed by atoms with Crippen LogP contribution in [-0.2, 0) is 4.74 Å². The van der Waals surface area contributed by atoms with E-state index in [1.165, 1.54) is 27.2 Å². The zero-order valence-electron chi connectivity index (χ0n) is 16.8. The summed E-state index contributed by atoms with van der Waals surface area (Å²) in [5.74, 6) is 0. The van der Waals surface area contributed by atoms with Crippen molar-refractivity contribution in [2.75, 3.05) is 6.54 Å². The third kappa shape index (κ3) is 8.48. The third-order valence-electron chi connectivity index (χ3n) is 3.78. The summed E-state index contributed by atoms with van der Waals surface area (Å²) < 4.78 is 5.27. The molecule has 0 unspecified atom stereocenters. The smallest absolute Gasteiger partial charge is 0.407 e. The molecule has 0 spiro atoms. The summed E-state index contributed by atoms with van der Waals surface area (Å²) in [6.07, 6.45) is 7.03. The molecule has 0 aromatic heterocycles. The van der Waals surface area contributed by atoms with E-state index in [1.54, 1.807) is 0 Å². The number of ether oxygens (including phenoxy) is 1. The maximum absolute atomic E-state index is 11.7. The Labute approximate surface area is 157 Å². The number of carbonyl (C=O) groups excluding carboxylic acids is 1. The topological polar surface area (TPSA) is 38.3 Å². The van der Waals surface area contributed by atoms with Crippen molar-refractivity contribution in [2.45, 2.75) is 73.3 Å². The molecule has 25 heavy (non-hydrogen) atoms. The van der Waals surface area contributed by atoms with Crippen LogP contribution in [0.25, 0.3) is 0 Å². The van der Waals surface area contributed by atoms with Gasteiger partial charge in [0, 0.05) is 11.4 Å². The molecule has 0 fully saturated rings. The second kappa shape index (κ2) is 9.91. The molecule has 140 valence electrons. The fraction of sp³-hybridized carbons (Fsp3) is 0.571. The van der Waals surface area contributed by atoms with Gasteiger partial charge in [-0.1, -0.05) is 47.6 Å². The Hall–Kier alpha value is -1.42. The van der Waals surface area contributed by atoms with Crippen molar-refractivity contribution in [1.29, 1.82) is 0 Å². The van der Waals surface area contributed by atoms with E-state index in [9.17, 15) is 4.79 Å². The van der Waals surface area contributed by atoms with Crippen LogP contribution >= 0.6 is 11.8 Å². The predicted octanol–water partition coefficient (Wildman–Crippen LogP) is 6.50. The number of hydrogen-bond acceptors (Lipinski definition) is 3. The first-order valence-electron chi connectivity index (χ1n) is 8.98. The summed E-state index contributed by atoms with van der Waals surface area (Å²) in [5.41, 5.74) is 4.90. The second-order valence-electron chi connectivity index (χ2n) is 7.64. The molecular formula is C21H33NO2S. The van der Waals surface area contributed by atoms with Crippen molar-refractivity contribution in [3.63, 3.8) is 0 Å². The minimum atomic E-state index is -0.461. The molecule has 0 bridgehead atoms. The summed E-state index contributed by atoms with van der Waals surface area (Å²) in [6, 6.07) is 0. The largest absolute Gasteiger partial charge is 0.444 e. The molecular weight excluding hydrogens is 330 g/mol. The minimum Gasteiger partial charge on any atom is -0.444 e. The number of alkyl carbamates (subject to hydrolysis) is 1. The molecule has 4 heteroatoms.